The van der Waals surface area contributed by atoms with E-state index in [0.29, 0.717) is 3.63 Å². The Bertz CT molecular complexity index is 2740. The van der Waals surface area contributed by atoms with E-state index >= 15 is 0 Å². The van der Waals surface area contributed by atoms with E-state index in [2.05, 4.69) is 164 Å². The first kappa shape index (κ1) is 38.5. The van der Waals surface area contributed by atoms with Crippen molar-refractivity contribution in [2.24, 2.45) is 0 Å². The molecule has 0 amide bonds. The van der Waals surface area contributed by atoms with Crippen LogP contribution < -0.4 is 24.8 Å². The summed E-state index contributed by atoms with van der Waals surface area (Å²) in [4.78, 5) is 0. The first-order valence-corrected chi connectivity index (χ1v) is 23.1. The summed E-state index contributed by atoms with van der Waals surface area (Å²) >= 11 is 9.58. The molecule has 0 nitrogen and oxygen atoms in total. The largest absolute Gasteiger partial charge is 1.00 e. The van der Waals surface area contributed by atoms with Crippen molar-refractivity contribution in [3.05, 3.63) is 224 Å². The van der Waals surface area contributed by atoms with Gasteiger partial charge in [0.05, 0.1) is 0 Å². The first-order valence-electron chi connectivity index (χ1n) is 18.5. The van der Waals surface area contributed by atoms with Crippen LogP contribution in [0.15, 0.2) is 191 Å². The molecule has 10 rings (SSSR count). The molecule has 2 aliphatic rings. The molecule has 0 heterocycles. The van der Waals surface area contributed by atoms with Gasteiger partial charge < -0.3 is 24.8 Å². The van der Waals surface area contributed by atoms with Gasteiger partial charge in [-0.1, -0.05) is 0 Å². The molecule has 8 aromatic carbocycles. The Morgan fingerprint density at radius 2 is 0.929 bits per heavy atom. The Kier molecular flexibility index (Phi) is 11.2. The summed E-state index contributed by atoms with van der Waals surface area (Å²) in [5, 5.41) is 6.90. The summed E-state index contributed by atoms with van der Waals surface area (Å²) in [5.41, 5.74) is 13.1. The van der Waals surface area contributed by atoms with E-state index in [9.17, 15) is 0 Å². The predicted molar refractivity (Wildman–Crippen MR) is 228 cm³/mol. The van der Waals surface area contributed by atoms with Gasteiger partial charge in [-0.2, -0.15) is 0 Å². The second-order valence-electron chi connectivity index (χ2n) is 14.2. The zero-order chi connectivity index (χ0) is 36.2. The molecule has 5 heteroatoms. The fourth-order valence-electron chi connectivity index (χ4n) is 8.75. The molecule has 0 spiro atoms. The summed E-state index contributed by atoms with van der Waals surface area (Å²) < 4.78 is 3.45. The van der Waals surface area contributed by atoms with Gasteiger partial charge in [-0.05, 0) is 0 Å². The number of halogens is 4. The topological polar surface area (TPSA) is 0 Å². The Balaban J connectivity index is 0.00000220. The van der Waals surface area contributed by atoms with Gasteiger partial charge in [-0.3, -0.25) is 0 Å². The zero-order valence-electron chi connectivity index (χ0n) is 30.2. The molecular formula is C51H34Cl4Zr. The van der Waals surface area contributed by atoms with E-state index in [0.717, 1.165) is 16.5 Å². The van der Waals surface area contributed by atoms with Crippen molar-refractivity contribution in [2.75, 3.05) is 0 Å². The van der Waals surface area contributed by atoms with Crippen molar-refractivity contribution in [1.82, 2.24) is 0 Å². The van der Waals surface area contributed by atoms with Crippen molar-refractivity contribution in [1.29, 1.82) is 0 Å². The van der Waals surface area contributed by atoms with Crippen LogP contribution in [-0.4, -0.2) is 3.21 Å². The fraction of sp³-hybridized carbons (Fsp3) is 0.0392. The average molecular weight is 880 g/mol. The van der Waals surface area contributed by atoms with E-state index in [1.165, 1.54) is 80.4 Å². The van der Waals surface area contributed by atoms with Crippen LogP contribution in [0.5, 0.6) is 0 Å². The molecule has 8 aromatic rings. The van der Waals surface area contributed by atoms with Gasteiger partial charge in [0, 0.05) is 0 Å². The normalized spacial score (nSPS) is 13.6. The summed E-state index contributed by atoms with van der Waals surface area (Å²) in [6.07, 6.45) is 8.12. The molecule has 1 unspecified atom stereocenters. The molecule has 0 aliphatic heterocycles. The summed E-state index contributed by atoms with van der Waals surface area (Å²) in [6, 6.07) is 62.4. The van der Waals surface area contributed by atoms with Gasteiger partial charge in [0.25, 0.3) is 0 Å². The number of hydrogen-bond acceptors (Lipinski definition) is 0. The SMILES string of the molecule is Clc1ccc(-c2ccc([C](c3ccc(-c4ccc(Cl)cc4)cc3)=[Zr+2]([C]3=CC=CC3)[CH]3c4ccccc4-c4c3c3ccccc3c3ccccc43)cc2)cc1.[Cl-].[Cl-]. The molecule has 56 heavy (non-hydrogen) atoms. The van der Waals surface area contributed by atoms with Crippen molar-refractivity contribution in [3.63, 3.8) is 0 Å². The second-order valence-corrected chi connectivity index (χ2v) is 21.3. The van der Waals surface area contributed by atoms with Crippen molar-refractivity contribution >= 4 is 48.0 Å². The van der Waals surface area contributed by atoms with Crippen LogP contribution in [0.4, 0.5) is 0 Å². The molecule has 0 saturated heterocycles. The molecule has 0 radical (unpaired) electrons. The Morgan fingerprint density at radius 1 is 0.482 bits per heavy atom. The Morgan fingerprint density at radius 3 is 1.45 bits per heavy atom. The van der Waals surface area contributed by atoms with Gasteiger partial charge in [0.15, 0.2) is 0 Å². The number of hydrogen-bond donors (Lipinski definition) is 0. The number of rotatable bonds is 6. The Hall–Kier alpha value is -4.33. The van der Waals surface area contributed by atoms with Crippen LogP contribution in [0.2, 0.25) is 10.0 Å². The molecule has 0 N–H and O–H groups in total. The van der Waals surface area contributed by atoms with Crippen molar-refractivity contribution in [3.8, 4) is 33.4 Å². The maximum absolute atomic E-state index is 6.28. The van der Waals surface area contributed by atoms with Gasteiger partial charge in [0.2, 0.25) is 0 Å². The maximum atomic E-state index is 6.28. The van der Waals surface area contributed by atoms with Gasteiger partial charge in [0.1, 0.15) is 0 Å². The summed E-state index contributed by atoms with van der Waals surface area (Å²) in [5.74, 6) is 0. The molecule has 1 atom stereocenters. The van der Waals surface area contributed by atoms with Crippen LogP contribution >= 0.6 is 23.2 Å². The van der Waals surface area contributed by atoms with Crippen molar-refractivity contribution in [2.45, 2.75) is 10.0 Å². The third kappa shape index (κ3) is 6.79. The van der Waals surface area contributed by atoms with Crippen molar-refractivity contribution < 1.29 is 46.1 Å². The minimum absolute atomic E-state index is 0. The van der Waals surface area contributed by atoms with E-state index in [1.807, 2.05) is 24.3 Å². The fourth-order valence-corrected chi connectivity index (χ4v) is 18.1. The Labute approximate surface area is 358 Å². The molecule has 0 saturated carbocycles. The first-order chi connectivity index (χ1) is 26.6. The van der Waals surface area contributed by atoms with Crippen LogP contribution in [0.25, 0.3) is 54.9 Å². The second kappa shape index (κ2) is 16.3. The standard InChI is InChI=1S/C25H16Cl2.C21H13.C5H5.2ClH.Zr/c26-24-13-9-22(10-14-24)20-5-1-18(2-6-20)17-19-3-7-21(8-4-19)23-11-15-25(27)16-12-23;1-2-8-15-14(7-1)13-20-18-11-4-3-9-16(18)17-10-5-6-12-19(17)21(15)20;1-2-4-5-3-1;;;/h1-16H;1-13H;1-3H,4H2;2*1H;/q;;;;;+2/p-2. The van der Waals surface area contributed by atoms with E-state index < -0.39 is 21.3 Å². The van der Waals surface area contributed by atoms with Gasteiger partial charge in [-0.25, -0.2) is 0 Å². The van der Waals surface area contributed by atoms with Gasteiger partial charge in [-0.15, -0.1) is 0 Å². The van der Waals surface area contributed by atoms with Crippen LogP contribution in [0, 0.1) is 0 Å². The van der Waals surface area contributed by atoms with E-state index in [-0.39, 0.29) is 24.8 Å². The average Bonchev–Trinajstić information content (AvgIpc) is 3.89. The van der Waals surface area contributed by atoms with E-state index in [1.54, 1.807) is 3.28 Å². The minimum Gasteiger partial charge on any atom is -1.00 e. The third-order valence-corrected chi connectivity index (χ3v) is 19.9. The van der Waals surface area contributed by atoms with Crippen LogP contribution in [0.1, 0.15) is 32.3 Å². The monoisotopic (exact) mass is 876 g/mol. The molecule has 0 aromatic heterocycles. The third-order valence-electron chi connectivity index (χ3n) is 11.2. The number of fused-ring (bicyclic) bond motifs is 8. The minimum atomic E-state index is -2.97. The number of allylic oxidation sites excluding steroid dienone is 4. The number of benzene rings is 8. The quantitative estimate of drug-likeness (QED) is 0.147. The molecule has 2 aliphatic carbocycles. The zero-order valence-corrected chi connectivity index (χ0v) is 35.7. The molecule has 270 valence electrons. The van der Waals surface area contributed by atoms with Gasteiger partial charge >= 0.3 is 336 Å². The van der Waals surface area contributed by atoms with Crippen LogP contribution in [0.3, 0.4) is 0 Å². The molecular weight excluding hydrogens is 846 g/mol. The predicted octanol–water partition coefficient (Wildman–Crippen LogP) is 8.44. The van der Waals surface area contributed by atoms with Crippen LogP contribution in [-0.2, 0) is 21.3 Å². The summed E-state index contributed by atoms with van der Waals surface area (Å²) in [7, 11) is 0. The summed E-state index contributed by atoms with van der Waals surface area (Å²) in [6.45, 7) is 0. The molecule has 0 fully saturated rings. The maximum Gasteiger partial charge on any atom is -1.00 e. The molecule has 0 bridgehead atoms. The van der Waals surface area contributed by atoms with E-state index in [4.69, 9.17) is 23.2 Å². The smallest absolute Gasteiger partial charge is 1.00 e.